The van der Waals surface area contributed by atoms with Crippen molar-refractivity contribution in [2.75, 3.05) is 0 Å². The van der Waals surface area contributed by atoms with E-state index in [0.29, 0.717) is 6.54 Å². The third kappa shape index (κ3) is 3.17. The van der Waals surface area contributed by atoms with Gasteiger partial charge in [0.05, 0.1) is 18.6 Å². The number of imidazole rings is 1. The highest BCUT2D eigenvalue weighted by Crippen LogP contribution is 2.16. The first-order valence-electron chi connectivity index (χ1n) is 6.55. The van der Waals surface area contributed by atoms with E-state index < -0.39 is 0 Å². The number of nitrogens with one attached hydrogen (secondary N) is 1. The maximum Gasteiger partial charge on any atom is 0.290 e. The Labute approximate surface area is 121 Å². The van der Waals surface area contributed by atoms with Crippen molar-refractivity contribution in [3.05, 3.63) is 72.6 Å². The first-order valence-corrected chi connectivity index (χ1v) is 6.55. The summed E-state index contributed by atoms with van der Waals surface area (Å²) in [6.45, 7) is 0.587. The van der Waals surface area contributed by atoms with E-state index in [0.717, 1.165) is 5.56 Å². The number of benzene rings is 1. The van der Waals surface area contributed by atoms with Crippen molar-refractivity contribution in [2.24, 2.45) is 0 Å². The van der Waals surface area contributed by atoms with E-state index in [1.807, 2.05) is 41.1 Å². The maximum atomic E-state index is 12.1. The minimum Gasteiger partial charge on any atom is -0.351 e. The van der Waals surface area contributed by atoms with Crippen molar-refractivity contribution in [3.8, 4) is 0 Å². The minimum absolute atomic E-state index is 0.182. The number of amides is 1. The molecular formula is C15H14N4O2. The van der Waals surface area contributed by atoms with Crippen molar-refractivity contribution >= 4 is 5.91 Å². The highest BCUT2D eigenvalue weighted by atomic mass is 16.5. The van der Waals surface area contributed by atoms with Gasteiger partial charge in [0.2, 0.25) is 5.76 Å². The lowest BCUT2D eigenvalue weighted by Crippen LogP contribution is -2.31. The molecule has 1 amide bonds. The largest absolute Gasteiger partial charge is 0.351 e. The Morgan fingerprint density at radius 1 is 1.24 bits per heavy atom. The first kappa shape index (κ1) is 13.1. The van der Waals surface area contributed by atoms with Gasteiger partial charge in [-0.2, -0.15) is 0 Å². The van der Waals surface area contributed by atoms with E-state index >= 15 is 0 Å². The lowest BCUT2D eigenvalue weighted by molar-refractivity contribution is 0.0895. The number of carbonyl (C=O) groups excluding carboxylic acids is 1. The number of aromatic nitrogens is 3. The van der Waals surface area contributed by atoms with Crippen LogP contribution in [0.1, 0.15) is 22.2 Å². The molecule has 0 unspecified atom stereocenters. The number of rotatable bonds is 5. The molecule has 0 bridgehead atoms. The number of hydrogen-bond donors (Lipinski definition) is 1. The summed E-state index contributed by atoms with van der Waals surface area (Å²) in [5.74, 6) is -0.0944. The van der Waals surface area contributed by atoms with Crippen molar-refractivity contribution in [1.29, 1.82) is 0 Å². The molecule has 0 saturated heterocycles. The normalized spacial score (nSPS) is 12.0. The lowest BCUT2D eigenvalue weighted by Gasteiger charge is -2.19. The molecule has 0 aliphatic carbocycles. The fourth-order valence-corrected chi connectivity index (χ4v) is 2.09. The van der Waals surface area contributed by atoms with Gasteiger partial charge in [-0.3, -0.25) is 4.79 Å². The standard InChI is InChI=1S/C15H14N4O2/c20-15(14-6-7-17-21-14)18-13(10-19-9-8-16-11-19)12-4-2-1-3-5-12/h1-9,11,13H,10H2,(H,18,20)/t13-/m1/s1. The number of carbonyl (C=O) groups is 1. The fraction of sp³-hybridized carbons (Fsp3) is 0.133. The second kappa shape index (κ2) is 6.04. The summed E-state index contributed by atoms with van der Waals surface area (Å²) >= 11 is 0. The minimum atomic E-state index is -0.290. The van der Waals surface area contributed by atoms with E-state index in [9.17, 15) is 4.79 Å². The molecule has 2 heterocycles. The highest BCUT2D eigenvalue weighted by molar-refractivity contribution is 5.91. The molecular weight excluding hydrogens is 268 g/mol. The predicted octanol–water partition coefficient (Wildman–Crippen LogP) is 2.04. The molecule has 6 nitrogen and oxygen atoms in total. The summed E-state index contributed by atoms with van der Waals surface area (Å²) < 4.78 is 6.80. The van der Waals surface area contributed by atoms with E-state index in [1.165, 1.54) is 12.3 Å². The summed E-state index contributed by atoms with van der Waals surface area (Å²) in [4.78, 5) is 16.2. The molecule has 3 rings (SSSR count). The van der Waals surface area contributed by atoms with Gasteiger partial charge in [0, 0.05) is 25.0 Å². The summed E-state index contributed by atoms with van der Waals surface area (Å²) in [7, 11) is 0. The van der Waals surface area contributed by atoms with Crippen LogP contribution in [0.25, 0.3) is 0 Å². The first-order chi connectivity index (χ1) is 10.3. The molecule has 0 aliphatic rings. The zero-order valence-corrected chi connectivity index (χ0v) is 11.2. The van der Waals surface area contributed by atoms with Gasteiger partial charge in [-0.05, 0) is 5.56 Å². The molecule has 2 aromatic heterocycles. The Morgan fingerprint density at radius 2 is 2.10 bits per heavy atom. The van der Waals surface area contributed by atoms with Gasteiger partial charge in [0.1, 0.15) is 0 Å². The average molecular weight is 282 g/mol. The average Bonchev–Trinajstić information content (AvgIpc) is 3.21. The topological polar surface area (TPSA) is 73.0 Å². The third-order valence-corrected chi connectivity index (χ3v) is 3.12. The summed E-state index contributed by atoms with van der Waals surface area (Å²) in [6, 6.07) is 11.1. The van der Waals surface area contributed by atoms with Crippen LogP contribution in [0.4, 0.5) is 0 Å². The molecule has 0 aliphatic heterocycles. The number of hydrogen-bond acceptors (Lipinski definition) is 4. The smallest absolute Gasteiger partial charge is 0.290 e. The Balaban J connectivity index is 1.80. The van der Waals surface area contributed by atoms with Crippen LogP contribution in [0.15, 0.2) is 65.8 Å². The van der Waals surface area contributed by atoms with Gasteiger partial charge in [0.25, 0.3) is 5.91 Å². The summed E-state index contributed by atoms with van der Waals surface area (Å²) in [5, 5.41) is 6.50. The quantitative estimate of drug-likeness (QED) is 0.777. The van der Waals surface area contributed by atoms with Crippen molar-refractivity contribution in [1.82, 2.24) is 20.0 Å². The van der Waals surface area contributed by atoms with Gasteiger partial charge < -0.3 is 14.4 Å². The van der Waals surface area contributed by atoms with Crippen molar-refractivity contribution in [3.63, 3.8) is 0 Å². The highest BCUT2D eigenvalue weighted by Gasteiger charge is 2.18. The maximum absolute atomic E-state index is 12.1. The molecule has 0 fully saturated rings. The van der Waals surface area contributed by atoms with Gasteiger partial charge >= 0.3 is 0 Å². The van der Waals surface area contributed by atoms with Gasteiger partial charge in [-0.15, -0.1) is 0 Å². The molecule has 106 valence electrons. The van der Waals surface area contributed by atoms with Crippen LogP contribution in [0.3, 0.4) is 0 Å². The summed E-state index contributed by atoms with van der Waals surface area (Å²) in [5.41, 5.74) is 1.01. The van der Waals surface area contributed by atoms with Crippen molar-refractivity contribution in [2.45, 2.75) is 12.6 Å². The van der Waals surface area contributed by atoms with Gasteiger partial charge in [0.15, 0.2) is 0 Å². The zero-order valence-electron chi connectivity index (χ0n) is 11.2. The second-order valence-electron chi connectivity index (χ2n) is 4.57. The molecule has 6 heteroatoms. The second-order valence-corrected chi connectivity index (χ2v) is 4.57. The Bertz CT molecular complexity index is 678. The molecule has 1 aromatic carbocycles. The van der Waals surface area contributed by atoms with E-state index in [-0.39, 0.29) is 17.7 Å². The van der Waals surface area contributed by atoms with Crippen LogP contribution in [0, 0.1) is 0 Å². The molecule has 3 aromatic rings. The van der Waals surface area contributed by atoms with E-state index in [2.05, 4.69) is 15.5 Å². The Morgan fingerprint density at radius 3 is 2.76 bits per heavy atom. The predicted molar refractivity (Wildman–Crippen MR) is 75.4 cm³/mol. The van der Waals surface area contributed by atoms with Crippen LogP contribution in [0.2, 0.25) is 0 Å². The Kier molecular flexibility index (Phi) is 3.77. The molecule has 0 radical (unpaired) electrons. The monoisotopic (exact) mass is 282 g/mol. The molecule has 1 N–H and O–H groups in total. The van der Waals surface area contributed by atoms with Crippen LogP contribution < -0.4 is 5.32 Å². The summed E-state index contributed by atoms with van der Waals surface area (Å²) in [6.07, 6.45) is 6.73. The van der Waals surface area contributed by atoms with Crippen LogP contribution >= 0.6 is 0 Å². The van der Waals surface area contributed by atoms with Gasteiger partial charge in [-0.1, -0.05) is 35.5 Å². The third-order valence-electron chi connectivity index (χ3n) is 3.12. The van der Waals surface area contributed by atoms with Gasteiger partial charge in [-0.25, -0.2) is 4.98 Å². The van der Waals surface area contributed by atoms with E-state index in [1.54, 1.807) is 12.5 Å². The number of nitrogens with zero attached hydrogens (tertiary/aromatic N) is 3. The van der Waals surface area contributed by atoms with Crippen molar-refractivity contribution < 1.29 is 9.32 Å². The van der Waals surface area contributed by atoms with E-state index in [4.69, 9.17) is 4.52 Å². The van der Waals surface area contributed by atoms with Crippen LogP contribution in [0.5, 0.6) is 0 Å². The Hall–Kier alpha value is -2.89. The molecule has 1 atom stereocenters. The molecule has 0 spiro atoms. The molecule has 0 saturated carbocycles. The molecule has 21 heavy (non-hydrogen) atoms. The van der Waals surface area contributed by atoms with Crippen LogP contribution in [-0.2, 0) is 6.54 Å². The lowest BCUT2D eigenvalue weighted by atomic mass is 10.1. The SMILES string of the molecule is O=C(N[C@H](Cn1ccnc1)c1ccccc1)c1ccno1. The zero-order chi connectivity index (χ0) is 14.5. The fourth-order valence-electron chi connectivity index (χ4n) is 2.09. The van der Waals surface area contributed by atoms with Crippen LogP contribution in [-0.4, -0.2) is 20.6 Å².